The van der Waals surface area contributed by atoms with E-state index in [-0.39, 0.29) is 6.10 Å². The SMILES string of the molecule is CC(C)Oc1ccnc(N2CCN(C)CC2)c1. The van der Waals surface area contributed by atoms with Crippen LogP contribution in [-0.4, -0.2) is 49.2 Å². The van der Waals surface area contributed by atoms with Gasteiger partial charge in [-0.25, -0.2) is 4.98 Å². The predicted octanol–water partition coefficient (Wildman–Crippen LogP) is 1.62. The molecule has 4 nitrogen and oxygen atoms in total. The maximum atomic E-state index is 5.69. The van der Waals surface area contributed by atoms with Crippen LogP contribution in [0.25, 0.3) is 0 Å². The maximum absolute atomic E-state index is 5.69. The average Bonchev–Trinajstić information content (AvgIpc) is 2.29. The van der Waals surface area contributed by atoms with Gasteiger partial charge < -0.3 is 14.5 Å². The molecule has 0 bridgehead atoms. The number of pyridine rings is 1. The number of likely N-dealkylation sites (N-methyl/N-ethyl adjacent to an activating group) is 1. The topological polar surface area (TPSA) is 28.6 Å². The van der Waals surface area contributed by atoms with Crippen molar-refractivity contribution >= 4 is 5.82 Å². The van der Waals surface area contributed by atoms with Crippen molar-refractivity contribution in [2.24, 2.45) is 0 Å². The van der Waals surface area contributed by atoms with Gasteiger partial charge in [0.05, 0.1) is 6.10 Å². The zero-order valence-electron chi connectivity index (χ0n) is 10.9. The van der Waals surface area contributed by atoms with Crippen molar-refractivity contribution in [1.82, 2.24) is 9.88 Å². The normalized spacial score (nSPS) is 17.5. The molecule has 0 aliphatic carbocycles. The summed E-state index contributed by atoms with van der Waals surface area (Å²) in [6.45, 7) is 8.34. The highest BCUT2D eigenvalue weighted by atomic mass is 16.5. The maximum Gasteiger partial charge on any atom is 0.132 e. The third-order valence-electron chi connectivity index (χ3n) is 2.92. The lowest BCUT2D eigenvalue weighted by Crippen LogP contribution is -2.44. The molecular formula is C13H21N3O. The minimum atomic E-state index is 0.206. The fourth-order valence-electron chi connectivity index (χ4n) is 1.95. The summed E-state index contributed by atoms with van der Waals surface area (Å²) >= 11 is 0. The number of ether oxygens (including phenoxy) is 1. The van der Waals surface area contributed by atoms with Gasteiger partial charge in [0.25, 0.3) is 0 Å². The summed E-state index contributed by atoms with van der Waals surface area (Å²) in [5, 5.41) is 0. The Morgan fingerprint density at radius 3 is 2.59 bits per heavy atom. The number of hydrogen-bond acceptors (Lipinski definition) is 4. The Morgan fingerprint density at radius 2 is 1.94 bits per heavy atom. The largest absolute Gasteiger partial charge is 0.491 e. The van der Waals surface area contributed by atoms with Gasteiger partial charge in [0, 0.05) is 38.4 Å². The van der Waals surface area contributed by atoms with E-state index >= 15 is 0 Å². The van der Waals surface area contributed by atoms with Crippen molar-refractivity contribution in [3.63, 3.8) is 0 Å². The zero-order valence-corrected chi connectivity index (χ0v) is 10.9. The third-order valence-corrected chi connectivity index (χ3v) is 2.92. The van der Waals surface area contributed by atoms with Crippen molar-refractivity contribution < 1.29 is 4.74 Å². The molecule has 2 rings (SSSR count). The van der Waals surface area contributed by atoms with Crippen LogP contribution in [0.1, 0.15) is 13.8 Å². The van der Waals surface area contributed by atoms with E-state index in [2.05, 4.69) is 21.8 Å². The molecule has 17 heavy (non-hydrogen) atoms. The highest BCUT2D eigenvalue weighted by molar-refractivity contribution is 5.44. The molecule has 0 amide bonds. The second kappa shape index (κ2) is 5.36. The van der Waals surface area contributed by atoms with Crippen LogP contribution in [0.3, 0.4) is 0 Å². The highest BCUT2D eigenvalue weighted by Crippen LogP contribution is 2.20. The van der Waals surface area contributed by atoms with Gasteiger partial charge in [-0.2, -0.15) is 0 Å². The van der Waals surface area contributed by atoms with E-state index in [1.165, 1.54) is 0 Å². The van der Waals surface area contributed by atoms with E-state index in [9.17, 15) is 0 Å². The molecule has 0 N–H and O–H groups in total. The van der Waals surface area contributed by atoms with Crippen LogP contribution in [0.15, 0.2) is 18.3 Å². The fourth-order valence-corrected chi connectivity index (χ4v) is 1.95. The highest BCUT2D eigenvalue weighted by Gasteiger charge is 2.15. The fraction of sp³-hybridized carbons (Fsp3) is 0.615. The summed E-state index contributed by atoms with van der Waals surface area (Å²) in [5.41, 5.74) is 0. The van der Waals surface area contributed by atoms with Gasteiger partial charge in [-0.15, -0.1) is 0 Å². The minimum Gasteiger partial charge on any atom is -0.491 e. The molecule has 1 fully saturated rings. The molecule has 2 heterocycles. The zero-order chi connectivity index (χ0) is 12.3. The Balaban J connectivity index is 2.05. The van der Waals surface area contributed by atoms with Gasteiger partial charge in [0.2, 0.25) is 0 Å². The van der Waals surface area contributed by atoms with E-state index in [1.807, 2.05) is 32.2 Å². The molecule has 1 saturated heterocycles. The van der Waals surface area contributed by atoms with Crippen LogP contribution >= 0.6 is 0 Å². The summed E-state index contributed by atoms with van der Waals surface area (Å²) in [6, 6.07) is 3.95. The molecular weight excluding hydrogens is 214 g/mol. The monoisotopic (exact) mass is 235 g/mol. The lowest BCUT2D eigenvalue weighted by Gasteiger charge is -2.33. The van der Waals surface area contributed by atoms with E-state index in [0.717, 1.165) is 37.7 Å². The summed E-state index contributed by atoms with van der Waals surface area (Å²) in [5.74, 6) is 1.93. The van der Waals surface area contributed by atoms with Crippen molar-refractivity contribution in [3.05, 3.63) is 18.3 Å². The first-order valence-electron chi connectivity index (χ1n) is 6.21. The van der Waals surface area contributed by atoms with Crippen LogP contribution in [0.5, 0.6) is 5.75 Å². The molecule has 0 spiro atoms. The third kappa shape index (κ3) is 3.33. The van der Waals surface area contributed by atoms with Gasteiger partial charge in [0.15, 0.2) is 0 Å². The Bertz CT molecular complexity index is 359. The van der Waals surface area contributed by atoms with Crippen molar-refractivity contribution in [3.8, 4) is 5.75 Å². The Labute approximate surface area is 103 Å². The van der Waals surface area contributed by atoms with E-state index in [0.29, 0.717) is 0 Å². The molecule has 1 aromatic heterocycles. The first kappa shape index (κ1) is 12.2. The van der Waals surface area contributed by atoms with Crippen LogP contribution in [0.2, 0.25) is 0 Å². The molecule has 1 aromatic rings. The van der Waals surface area contributed by atoms with Crippen LogP contribution in [0, 0.1) is 0 Å². The van der Waals surface area contributed by atoms with Crippen molar-refractivity contribution in [2.45, 2.75) is 20.0 Å². The van der Waals surface area contributed by atoms with Crippen molar-refractivity contribution in [2.75, 3.05) is 38.1 Å². The Morgan fingerprint density at radius 1 is 1.24 bits per heavy atom. The molecule has 0 unspecified atom stereocenters. The van der Waals surface area contributed by atoms with Crippen LogP contribution in [-0.2, 0) is 0 Å². The number of piperazine rings is 1. The molecule has 0 aromatic carbocycles. The van der Waals surface area contributed by atoms with Gasteiger partial charge >= 0.3 is 0 Å². The van der Waals surface area contributed by atoms with E-state index < -0.39 is 0 Å². The number of aromatic nitrogens is 1. The molecule has 0 atom stereocenters. The lowest BCUT2D eigenvalue weighted by molar-refractivity contribution is 0.242. The number of hydrogen-bond donors (Lipinski definition) is 0. The molecule has 1 aliphatic rings. The Hall–Kier alpha value is -1.29. The number of anilines is 1. The predicted molar refractivity (Wildman–Crippen MR) is 69.7 cm³/mol. The number of rotatable bonds is 3. The summed E-state index contributed by atoms with van der Waals surface area (Å²) < 4.78 is 5.69. The quantitative estimate of drug-likeness (QED) is 0.796. The van der Waals surface area contributed by atoms with Gasteiger partial charge in [-0.3, -0.25) is 0 Å². The average molecular weight is 235 g/mol. The first-order valence-corrected chi connectivity index (χ1v) is 6.21. The molecule has 1 aliphatic heterocycles. The summed E-state index contributed by atoms with van der Waals surface area (Å²) in [4.78, 5) is 9.07. The lowest BCUT2D eigenvalue weighted by atomic mass is 10.3. The molecule has 0 radical (unpaired) electrons. The summed E-state index contributed by atoms with van der Waals surface area (Å²) in [6.07, 6.45) is 2.03. The number of nitrogens with zero attached hydrogens (tertiary/aromatic N) is 3. The van der Waals surface area contributed by atoms with Crippen LogP contribution < -0.4 is 9.64 Å². The van der Waals surface area contributed by atoms with Gasteiger partial charge in [0.1, 0.15) is 11.6 Å². The summed E-state index contributed by atoms with van der Waals surface area (Å²) in [7, 11) is 2.16. The second-order valence-corrected chi connectivity index (χ2v) is 4.81. The first-order chi connectivity index (χ1) is 8.15. The van der Waals surface area contributed by atoms with Crippen LogP contribution in [0.4, 0.5) is 5.82 Å². The smallest absolute Gasteiger partial charge is 0.132 e. The van der Waals surface area contributed by atoms with E-state index in [1.54, 1.807) is 0 Å². The Kier molecular flexibility index (Phi) is 3.84. The van der Waals surface area contributed by atoms with Gasteiger partial charge in [-0.05, 0) is 27.0 Å². The molecule has 94 valence electrons. The molecule has 4 heteroatoms. The molecule has 0 saturated carbocycles. The van der Waals surface area contributed by atoms with Crippen molar-refractivity contribution in [1.29, 1.82) is 0 Å². The minimum absolute atomic E-state index is 0.206. The standard InChI is InChI=1S/C13H21N3O/c1-11(2)17-12-4-5-14-13(10-12)16-8-6-15(3)7-9-16/h4-5,10-11H,6-9H2,1-3H3. The van der Waals surface area contributed by atoms with E-state index in [4.69, 9.17) is 4.74 Å². The second-order valence-electron chi connectivity index (χ2n) is 4.81. The van der Waals surface area contributed by atoms with Gasteiger partial charge in [-0.1, -0.05) is 0 Å².